The average molecular weight is 410 g/mol. The maximum Gasteiger partial charge on any atom is 0.412 e. The maximum absolute atomic E-state index is 11.8. The summed E-state index contributed by atoms with van der Waals surface area (Å²) >= 11 is 1.17. The Kier molecular flexibility index (Phi) is 5.09. The second-order valence-corrected chi connectivity index (χ2v) is 6.90. The molecule has 0 aliphatic heterocycles. The molecule has 2 N–H and O–H groups in total. The lowest BCUT2D eigenvalue weighted by molar-refractivity contribution is 0.168. The zero-order valence-electron chi connectivity index (χ0n) is 16.0. The van der Waals surface area contributed by atoms with E-state index in [9.17, 15) is 4.79 Å². The van der Waals surface area contributed by atoms with Crippen LogP contribution in [0.1, 0.15) is 25.1 Å². The first kappa shape index (κ1) is 18.8. The molecule has 3 aromatic heterocycles. The van der Waals surface area contributed by atoms with Gasteiger partial charge in [-0.25, -0.2) is 14.8 Å². The molecule has 0 bridgehead atoms. The lowest BCUT2D eigenvalue weighted by atomic mass is 10.2. The number of nitrogens with one attached hydrogen (secondary N) is 2. The number of para-hydroxylation sites is 1. The van der Waals surface area contributed by atoms with Crippen LogP contribution in [-0.4, -0.2) is 32.8 Å². The van der Waals surface area contributed by atoms with Gasteiger partial charge in [0, 0.05) is 5.39 Å². The van der Waals surface area contributed by atoms with E-state index in [1.54, 1.807) is 6.92 Å². The van der Waals surface area contributed by atoms with Crippen LogP contribution < -0.4 is 10.7 Å². The Morgan fingerprint density at radius 3 is 2.97 bits per heavy atom. The van der Waals surface area contributed by atoms with Crippen molar-refractivity contribution in [1.82, 2.24) is 14.3 Å². The van der Waals surface area contributed by atoms with Crippen LogP contribution in [0.2, 0.25) is 0 Å². The Balaban J connectivity index is 1.65. The highest BCUT2D eigenvalue weighted by molar-refractivity contribution is 7.11. The molecule has 4 aromatic rings. The second kappa shape index (κ2) is 7.84. The standard InChI is InChI=1S/C19H18N6O3S/c1-4-27-19(26)22-18-14(11(3)25-29-18)10(2)23-24-17-16-15(20-9-21-17)12-7-5-6-8-13(12)28-16/h5-9H,4H2,1-3H3,(H,22,26)(H,20,21,24)/b23-10+. The first-order valence-corrected chi connectivity index (χ1v) is 9.68. The molecule has 10 heteroatoms. The highest BCUT2D eigenvalue weighted by Crippen LogP contribution is 2.30. The molecule has 0 spiro atoms. The number of anilines is 2. The molecule has 3 heterocycles. The molecule has 0 aliphatic carbocycles. The number of carbonyl (C=O) groups excluding carboxylic acids is 1. The fourth-order valence-corrected chi connectivity index (χ4v) is 3.77. The normalized spacial score (nSPS) is 11.8. The summed E-state index contributed by atoms with van der Waals surface area (Å²) in [5, 5.41) is 8.60. The van der Waals surface area contributed by atoms with Crippen molar-refractivity contribution in [2.24, 2.45) is 5.10 Å². The Labute approximate surface area is 170 Å². The molecule has 0 fully saturated rings. The van der Waals surface area contributed by atoms with Crippen molar-refractivity contribution in [1.29, 1.82) is 0 Å². The monoisotopic (exact) mass is 410 g/mol. The van der Waals surface area contributed by atoms with E-state index in [1.165, 1.54) is 17.9 Å². The summed E-state index contributed by atoms with van der Waals surface area (Å²) in [5.41, 5.74) is 7.02. The lowest BCUT2D eigenvalue weighted by Crippen LogP contribution is -2.14. The molecule has 4 rings (SSSR count). The maximum atomic E-state index is 11.8. The summed E-state index contributed by atoms with van der Waals surface area (Å²) in [6, 6.07) is 7.65. The van der Waals surface area contributed by atoms with Gasteiger partial charge in [-0.15, -0.1) is 0 Å². The number of hydrogen-bond acceptors (Lipinski definition) is 9. The van der Waals surface area contributed by atoms with Crippen LogP contribution in [0.4, 0.5) is 15.6 Å². The SMILES string of the molecule is CCOC(=O)Nc1snc(C)c1/C(C)=N/Nc1ncnc2c1oc1ccccc12. The fourth-order valence-electron chi connectivity index (χ4n) is 2.94. The molecule has 0 aliphatic rings. The number of amides is 1. The Hall–Kier alpha value is -3.53. The summed E-state index contributed by atoms with van der Waals surface area (Å²) in [7, 11) is 0. The summed E-state index contributed by atoms with van der Waals surface area (Å²) < 4.78 is 15.1. The van der Waals surface area contributed by atoms with E-state index < -0.39 is 6.09 Å². The molecule has 0 radical (unpaired) electrons. The average Bonchev–Trinajstić information content (AvgIpc) is 3.27. The molecule has 0 saturated carbocycles. The van der Waals surface area contributed by atoms with E-state index in [2.05, 4.69) is 30.2 Å². The third kappa shape index (κ3) is 3.61. The smallest absolute Gasteiger partial charge is 0.412 e. The minimum absolute atomic E-state index is 0.286. The zero-order valence-corrected chi connectivity index (χ0v) is 16.8. The molecule has 29 heavy (non-hydrogen) atoms. The van der Waals surface area contributed by atoms with Gasteiger partial charge in [-0.3, -0.25) is 10.7 Å². The predicted molar refractivity (Wildman–Crippen MR) is 113 cm³/mol. The molecule has 148 valence electrons. The van der Waals surface area contributed by atoms with E-state index in [4.69, 9.17) is 9.15 Å². The molecule has 0 unspecified atom stereocenters. The molecule has 1 amide bonds. The lowest BCUT2D eigenvalue weighted by Gasteiger charge is -2.07. The number of ether oxygens (including phenoxy) is 1. The quantitative estimate of drug-likeness (QED) is 0.366. The minimum Gasteiger partial charge on any atom is -0.450 e. The number of nitrogens with zero attached hydrogens (tertiary/aromatic N) is 4. The van der Waals surface area contributed by atoms with Gasteiger partial charge >= 0.3 is 6.09 Å². The van der Waals surface area contributed by atoms with Crippen LogP contribution in [0, 0.1) is 6.92 Å². The third-order valence-electron chi connectivity index (χ3n) is 4.20. The fraction of sp³-hybridized carbons (Fsp3) is 0.211. The first-order chi connectivity index (χ1) is 14.1. The predicted octanol–water partition coefficient (Wildman–Crippen LogP) is 4.55. The van der Waals surface area contributed by atoms with Gasteiger partial charge in [0.25, 0.3) is 0 Å². The van der Waals surface area contributed by atoms with Crippen molar-refractivity contribution in [3.8, 4) is 0 Å². The summed E-state index contributed by atoms with van der Waals surface area (Å²) in [6.45, 7) is 5.70. The van der Waals surface area contributed by atoms with Crippen LogP contribution in [-0.2, 0) is 4.74 Å². The number of carbonyl (C=O) groups is 1. The first-order valence-electron chi connectivity index (χ1n) is 8.91. The van der Waals surface area contributed by atoms with Gasteiger partial charge in [-0.05, 0) is 44.4 Å². The zero-order chi connectivity index (χ0) is 20.4. The summed E-state index contributed by atoms with van der Waals surface area (Å²) in [6.07, 6.45) is 0.931. The van der Waals surface area contributed by atoms with Gasteiger partial charge in [0.1, 0.15) is 22.4 Å². The van der Waals surface area contributed by atoms with Crippen molar-refractivity contribution in [2.45, 2.75) is 20.8 Å². The van der Waals surface area contributed by atoms with Crippen LogP contribution >= 0.6 is 11.5 Å². The van der Waals surface area contributed by atoms with Crippen LogP contribution in [0.3, 0.4) is 0 Å². The van der Waals surface area contributed by atoms with Crippen LogP contribution in [0.15, 0.2) is 40.1 Å². The summed E-state index contributed by atoms with van der Waals surface area (Å²) in [4.78, 5) is 20.3. The van der Waals surface area contributed by atoms with E-state index in [0.29, 0.717) is 27.6 Å². The van der Waals surface area contributed by atoms with Crippen LogP contribution in [0.5, 0.6) is 0 Å². The Morgan fingerprint density at radius 2 is 2.14 bits per heavy atom. The van der Waals surface area contributed by atoms with Crippen molar-refractivity contribution in [3.63, 3.8) is 0 Å². The van der Waals surface area contributed by atoms with Crippen molar-refractivity contribution in [2.75, 3.05) is 17.3 Å². The topological polar surface area (TPSA) is 115 Å². The Morgan fingerprint density at radius 1 is 1.31 bits per heavy atom. The number of benzene rings is 1. The van der Waals surface area contributed by atoms with Gasteiger partial charge in [-0.2, -0.15) is 9.47 Å². The van der Waals surface area contributed by atoms with E-state index >= 15 is 0 Å². The number of hydrogen-bond donors (Lipinski definition) is 2. The molecule has 0 saturated heterocycles. The van der Waals surface area contributed by atoms with Gasteiger partial charge in [0.05, 0.1) is 23.6 Å². The third-order valence-corrected chi connectivity index (χ3v) is 5.06. The van der Waals surface area contributed by atoms with Gasteiger partial charge in [-0.1, -0.05) is 12.1 Å². The van der Waals surface area contributed by atoms with E-state index in [-0.39, 0.29) is 6.61 Å². The van der Waals surface area contributed by atoms with Gasteiger partial charge in [0.15, 0.2) is 11.4 Å². The second-order valence-electron chi connectivity index (χ2n) is 6.12. The molecular weight excluding hydrogens is 392 g/mol. The van der Waals surface area contributed by atoms with E-state index in [0.717, 1.165) is 22.2 Å². The number of rotatable bonds is 5. The van der Waals surface area contributed by atoms with Gasteiger partial charge < -0.3 is 9.15 Å². The number of aryl methyl sites for hydroxylation is 1. The van der Waals surface area contributed by atoms with Gasteiger partial charge in [0.2, 0.25) is 0 Å². The van der Waals surface area contributed by atoms with Crippen LogP contribution in [0.25, 0.3) is 22.1 Å². The number of fused-ring (bicyclic) bond motifs is 3. The number of furan rings is 1. The van der Waals surface area contributed by atoms with Crippen molar-refractivity contribution in [3.05, 3.63) is 41.9 Å². The summed E-state index contributed by atoms with van der Waals surface area (Å²) in [5.74, 6) is 0.450. The largest absolute Gasteiger partial charge is 0.450 e. The number of hydrazone groups is 1. The molecular formula is C19H18N6O3S. The highest BCUT2D eigenvalue weighted by Gasteiger charge is 2.17. The van der Waals surface area contributed by atoms with Crippen molar-refractivity contribution >= 4 is 56.2 Å². The minimum atomic E-state index is -0.530. The highest BCUT2D eigenvalue weighted by atomic mass is 32.1. The number of aromatic nitrogens is 3. The molecule has 9 nitrogen and oxygen atoms in total. The van der Waals surface area contributed by atoms with E-state index in [1.807, 2.05) is 38.1 Å². The molecule has 0 atom stereocenters. The van der Waals surface area contributed by atoms with Crippen molar-refractivity contribution < 1.29 is 13.9 Å². The molecule has 1 aromatic carbocycles. The Bertz CT molecular complexity index is 1230.